The molecule has 2 heteroatoms. The molecular weight excluding hydrogens is 54.0 g/mol. The number of nitrogens with one attached hydrogen (secondary N) is 1. The van der Waals surface area contributed by atoms with Gasteiger partial charge in [0.15, 0.2) is 0 Å². The van der Waals surface area contributed by atoms with Crippen LogP contribution in [0.2, 0.25) is 0 Å². The van der Waals surface area contributed by atoms with Gasteiger partial charge in [-0.3, -0.25) is 4.79 Å². The van der Waals surface area contributed by atoms with Gasteiger partial charge in [-0.1, -0.05) is 0 Å². The summed E-state index contributed by atoms with van der Waals surface area (Å²) < 4.78 is 0. The maximum atomic E-state index is 9.00. The lowest BCUT2D eigenvalue weighted by Crippen LogP contribution is -1.68. The van der Waals surface area contributed by atoms with Crippen molar-refractivity contribution in [1.82, 2.24) is 0 Å². The highest BCUT2D eigenvalue weighted by Crippen LogP contribution is 1.52. The molecule has 0 bridgehead atoms. The number of amides is 1. The van der Waals surface area contributed by atoms with E-state index < -0.39 is 5.91 Å². The molecule has 0 aliphatic carbocycles. The van der Waals surface area contributed by atoms with Crippen LogP contribution in [0.4, 0.5) is 0 Å². The summed E-state index contributed by atoms with van der Waals surface area (Å²) in [5.74, 6) is -0.833. The first-order chi connectivity index (χ1) is 1.73. The van der Waals surface area contributed by atoms with Gasteiger partial charge in [0, 0.05) is 0 Å². The standard InChI is InChI=1S/C2H3NO/c1-2(3)4/h1H2,(H-,3,4). The van der Waals surface area contributed by atoms with Crippen LogP contribution < -0.4 is 0 Å². The summed E-state index contributed by atoms with van der Waals surface area (Å²) in [5, 5.41) is 0. The topological polar surface area (TPSA) is 40.9 Å². The zero-order valence-corrected chi connectivity index (χ0v) is 2.12. The minimum Gasteiger partial charge on any atom is -0.625 e. The Morgan fingerprint density at radius 1 is 2.00 bits per heavy atom. The quantitative estimate of drug-likeness (QED) is 0.371. The van der Waals surface area contributed by atoms with Crippen molar-refractivity contribution in [3.8, 4) is 0 Å². The normalized spacial score (nSPS) is 6.00. The fourth-order valence-electron chi connectivity index (χ4n) is 0. The molecule has 1 N–H and O–H groups in total. The monoisotopic (exact) mass is 57.0 g/mol. The van der Waals surface area contributed by atoms with E-state index in [1.165, 1.54) is 0 Å². The molecule has 0 radical (unpaired) electrons. The zero-order valence-electron chi connectivity index (χ0n) is 2.12. The molecule has 0 aromatic carbocycles. The molecule has 0 rings (SSSR count). The Balaban J connectivity index is 2.80. The molecule has 0 unspecified atom stereocenters. The lowest BCUT2D eigenvalue weighted by molar-refractivity contribution is -0.110. The maximum absolute atomic E-state index is 9.00. The predicted molar refractivity (Wildman–Crippen MR) is 14.7 cm³/mol. The van der Waals surface area contributed by atoms with Crippen LogP contribution in [0.15, 0.2) is 0 Å². The van der Waals surface area contributed by atoms with Gasteiger partial charge >= 0.3 is 0 Å². The number of rotatable bonds is 0. The molecule has 0 heterocycles. The van der Waals surface area contributed by atoms with E-state index in [0.717, 1.165) is 0 Å². The van der Waals surface area contributed by atoms with Gasteiger partial charge in [-0.05, 0) is 0 Å². The predicted octanol–water partition coefficient (Wildman–Crippen LogP) is 0.399. The second-order valence-electron chi connectivity index (χ2n) is 0.423. The first kappa shape index (κ1) is 3.34. The molecule has 0 aliphatic rings. The van der Waals surface area contributed by atoms with Crippen LogP contribution >= 0.6 is 0 Å². The maximum Gasteiger partial charge on any atom is 0.233 e. The first-order valence-electron chi connectivity index (χ1n) is 0.808. The summed E-state index contributed by atoms with van der Waals surface area (Å²) in [6.07, 6.45) is 0. The molecule has 4 heavy (non-hydrogen) atoms. The minimum atomic E-state index is -0.833. The van der Waals surface area contributed by atoms with Crippen molar-refractivity contribution in [2.24, 2.45) is 0 Å². The number of hydrogen-bond donors (Lipinski definition) is 0. The molecule has 22 valence electrons. The molecule has 0 aliphatic heterocycles. The Morgan fingerprint density at radius 2 is 2.00 bits per heavy atom. The van der Waals surface area contributed by atoms with E-state index in [9.17, 15) is 0 Å². The summed E-state index contributed by atoms with van der Waals surface area (Å²) in [6.45, 7) is 2.67. The van der Waals surface area contributed by atoms with Crippen molar-refractivity contribution in [2.45, 2.75) is 0 Å². The van der Waals surface area contributed by atoms with Crippen LogP contribution in [0.5, 0.6) is 0 Å². The fraction of sp³-hybridized carbons (Fsp3) is 0. The molecule has 0 spiro atoms. The van der Waals surface area contributed by atoms with Gasteiger partial charge in [0.05, 0.1) is 0 Å². The number of hydrogen-bond acceptors (Lipinski definition) is 1. The lowest BCUT2D eigenvalue weighted by Gasteiger charge is -1.66. The van der Waals surface area contributed by atoms with E-state index in [-0.39, 0.29) is 0 Å². The Morgan fingerprint density at radius 3 is 2.00 bits per heavy atom. The summed E-state index contributed by atoms with van der Waals surface area (Å²) in [4.78, 5) is 9.00. The van der Waals surface area contributed by atoms with Gasteiger partial charge in [0.1, 0.15) is 6.92 Å². The van der Waals surface area contributed by atoms with Crippen molar-refractivity contribution >= 4 is 5.91 Å². The molecule has 0 saturated carbocycles. The van der Waals surface area contributed by atoms with Crippen LogP contribution in [0.3, 0.4) is 0 Å². The van der Waals surface area contributed by atoms with E-state index in [4.69, 9.17) is 10.5 Å². The fourth-order valence-corrected chi connectivity index (χ4v) is 0. The number of carbonyl (C=O) groups is 1. The highest BCUT2D eigenvalue weighted by Gasteiger charge is 1.61. The van der Waals surface area contributed by atoms with Crippen LogP contribution in [0.1, 0.15) is 0 Å². The van der Waals surface area contributed by atoms with Crippen molar-refractivity contribution < 1.29 is 4.79 Å². The van der Waals surface area contributed by atoms with E-state index >= 15 is 0 Å². The van der Waals surface area contributed by atoms with Gasteiger partial charge in [0.2, 0.25) is 5.91 Å². The average Bonchev–Trinajstić information content (AvgIpc) is 0.811. The summed E-state index contributed by atoms with van der Waals surface area (Å²) in [7, 11) is 0. The molecule has 2 nitrogen and oxygen atoms in total. The molecular formula is C2H3NO. The molecule has 0 aromatic rings. The van der Waals surface area contributed by atoms with E-state index in [2.05, 4.69) is 6.92 Å². The Kier molecular flexibility index (Phi) is 0.641. The second kappa shape index (κ2) is 0.767. The molecule has 0 saturated heterocycles. The minimum absolute atomic E-state index is 0.833. The SMILES string of the molecule is [CH2+]C([NH-])=O. The Labute approximate surface area is 24.6 Å². The van der Waals surface area contributed by atoms with Crippen molar-refractivity contribution in [3.63, 3.8) is 0 Å². The zero-order chi connectivity index (χ0) is 3.58. The Hall–Kier alpha value is -0.660. The van der Waals surface area contributed by atoms with Crippen molar-refractivity contribution in [3.05, 3.63) is 12.7 Å². The van der Waals surface area contributed by atoms with E-state index in [1.54, 1.807) is 0 Å². The van der Waals surface area contributed by atoms with Gasteiger partial charge in [-0.2, -0.15) is 0 Å². The largest absolute Gasteiger partial charge is 0.625 e. The number of carbonyl (C=O) groups excluding carboxylic acids is 1. The van der Waals surface area contributed by atoms with Crippen LogP contribution in [-0.2, 0) is 4.79 Å². The third-order valence-corrected chi connectivity index (χ3v) is 0. The average molecular weight is 57.1 g/mol. The Bertz CT molecular complexity index is 29.0. The molecule has 0 atom stereocenters. The molecule has 1 amide bonds. The first-order valence-corrected chi connectivity index (χ1v) is 0.808. The smallest absolute Gasteiger partial charge is 0.233 e. The van der Waals surface area contributed by atoms with Crippen molar-refractivity contribution in [2.75, 3.05) is 0 Å². The van der Waals surface area contributed by atoms with Crippen LogP contribution in [0, 0.1) is 6.92 Å². The van der Waals surface area contributed by atoms with E-state index in [1.807, 2.05) is 0 Å². The molecule has 0 aromatic heterocycles. The summed E-state index contributed by atoms with van der Waals surface area (Å²) in [5.41, 5.74) is 5.83. The highest BCUT2D eigenvalue weighted by atomic mass is 16.1. The van der Waals surface area contributed by atoms with E-state index in [0.29, 0.717) is 0 Å². The third-order valence-electron chi connectivity index (χ3n) is 0. The van der Waals surface area contributed by atoms with Gasteiger partial charge in [-0.15, -0.1) is 0 Å². The van der Waals surface area contributed by atoms with Gasteiger partial charge in [0.25, 0.3) is 0 Å². The third kappa shape index (κ3) is 0.356. The van der Waals surface area contributed by atoms with Crippen LogP contribution in [0.25, 0.3) is 5.73 Å². The van der Waals surface area contributed by atoms with Crippen LogP contribution in [-0.4, -0.2) is 5.91 Å². The second-order valence-corrected chi connectivity index (χ2v) is 0.423. The summed E-state index contributed by atoms with van der Waals surface area (Å²) in [6, 6.07) is 0. The highest BCUT2D eigenvalue weighted by molar-refractivity contribution is 5.87. The van der Waals surface area contributed by atoms with Gasteiger partial charge < -0.3 is 5.73 Å². The van der Waals surface area contributed by atoms with Crippen molar-refractivity contribution in [1.29, 1.82) is 0 Å². The van der Waals surface area contributed by atoms with Gasteiger partial charge in [-0.25, -0.2) is 0 Å². The molecule has 0 fully saturated rings. The summed E-state index contributed by atoms with van der Waals surface area (Å²) >= 11 is 0. The lowest BCUT2D eigenvalue weighted by atomic mass is 10.8.